The zero-order valence-corrected chi connectivity index (χ0v) is 50.0. The molecule has 0 aromatic carbocycles. The number of nitrogens with zero attached hydrogens (tertiary/aromatic N) is 7. The fraction of sp³-hybridized carbons (Fsp3) is 0.480. The van der Waals surface area contributed by atoms with Gasteiger partial charge in [-0.2, -0.15) is 9.59 Å². The molecular formula is C50H63ArCl3N13O10S3+. The number of esters is 3. The minimum Gasteiger partial charge on any atom is -0.456 e. The van der Waals surface area contributed by atoms with Gasteiger partial charge in [0, 0.05) is 123 Å². The summed E-state index contributed by atoms with van der Waals surface area (Å²) in [5.41, 5.74) is 19.6. The average Bonchev–Trinajstić information content (AvgIpc) is 4.27. The molecule has 2 atom stereocenters. The first-order chi connectivity index (χ1) is 37.6. The van der Waals surface area contributed by atoms with Gasteiger partial charge in [0.2, 0.25) is 5.15 Å². The number of thiocarbonyl (C=S) groups is 1. The third-order valence-corrected chi connectivity index (χ3v) is 13.2. The fourth-order valence-corrected chi connectivity index (χ4v) is 9.57. The van der Waals surface area contributed by atoms with Crippen molar-refractivity contribution in [1.29, 1.82) is 4.78 Å². The SMILES string of the molecule is CC(=O)OC(C)=O.CC(=O)OC1CCc2c(Cl)ncnc21.CC1CCCC1=O.C[n+]1cnc(Cl)c2c1CCC2.Clc1ncnc2c1CCC2.N=S.NC(N)=S.O=C=O.O=c1[nH]c(=S)[nH]c2c1CCC2.O=c1[nH]cnc2c1CCC2.[Ar]. The van der Waals surface area contributed by atoms with Crippen LogP contribution in [-0.4, -0.2) is 79.8 Å². The van der Waals surface area contributed by atoms with Crippen LogP contribution >= 0.6 is 59.2 Å². The molecule has 0 spiro atoms. The summed E-state index contributed by atoms with van der Waals surface area (Å²) in [5, 5.41) is 1.79. The molecule has 0 amide bonds. The van der Waals surface area contributed by atoms with Crippen LogP contribution in [0, 0.1) is 53.2 Å². The second-order valence-electron chi connectivity index (χ2n) is 17.6. The molecule has 5 aromatic rings. The third-order valence-electron chi connectivity index (χ3n) is 12.0. The zero-order chi connectivity index (χ0) is 59.2. The average molecular weight is 1250 g/mol. The van der Waals surface area contributed by atoms with E-state index < -0.39 is 11.9 Å². The molecular weight excluding hydrogens is 1190 g/mol. The Hall–Kier alpha value is -5.28. The van der Waals surface area contributed by atoms with E-state index in [1.54, 1.807) is 6.33 Å². The monoisotopic (exact) mass is 1250 g/mol. The molecule has 6 aliphatic rings. The van der Waals surface area contributed by atoms with E-state index in [1.165, 1.54) is 63.9 Å². The fourth-order valence-electron chi connectivity index (χ4n) is 8.63. The van der Waals surface area contributed by atoms with Gasteiger partial charge >= 0.3 is 24.1 Å². The molecule has 30 heteroatoms. The van der Waals surface area contributed by atoms with Crippen LogP contribution in [0.2, 0.25) is 15.5 Å². The normalized spacial score (nSPS) is 15.2. The Morgan fingerprint density at radius 3 is 1.71 bits per heavy atom. The van der Waals surface area contributed by atoms with E-state index in [-0.39, 0.29) is 72.2 Å². The van der Waals surface area contributed by atoms with Crippen molar-refractivity contribution < 1.29 is 80.5 Å². The number of ketones is 1. The number of Topliss-reactive ketones (excluding diaryl/α,β-unsaturated/α-hetero) is 1. The van der Waals surface area contributed by atoms with E-state index in [0.29, 0.717) is 31.9 Å². The molecule has 0 radical (unpaired) electrons. The number of hydrogen-bond donors (Lipinski definition) is 6. The number of nitrogens with one attached hydrogen (secondary N) is 4. The van der Waals surface area contributed by atoms with Gasteiger partial charge in [-0.05, 0) is 137 Å². The maximum absolute atomic E-state index is 11.2. The van der Waals surface area contributed by atoms with Crippen LogP contribution in [0.5, 0.6) is 0 Å². The van der Waals surface area contributed by atoms with Crippen molar-refractivity contribution in [3.8, 4) is 0 Å². The van der Waals surface area contributed by atoms with Crippen LogP contribution in [0.15, 0.2) is 34.9 Å². The Balaban J connectivity index is 0.000000458. The molecule has 2 unspecified atom stereocenters. The predicted molar refractivity (Wildman–Crippen MR) is 299 cm³/mol. The predicted octanol–water partition coefficient (Wildman–Crippen LogP) is 5.90. The molecule has 6 aliphatic carbocycles. The van der Waals surface area contributed by atoms with E-state index in [2.05, 4.69) is 90.3 Å². The summed E-state index contributed by atoms with van der Waals surface area (Å²) >= 11 is 29.9. The number of nitrogens with two attached hydrogens (primary N) is 2. The van der Waals surface area contributed by atoms with Gasteiger partial charge in [0.05, 0.1) is 30.3 Å². The van der Waals surface area contributed by atoms with Gasteiger partial charge < -0.3 is 30.9 Å². The number of carbonyl (C=O) groups excluding carboxylic acids is 6. The first-order valence-corrected chi connectivity index (χ1v) is 27.0. The van der Waals surface area contributed by atoms with Gasteiger partial charge in [-0.3, -0.25) is 33.8 Å². The molecule has 0 aliphatic heterocycles. The van der Waals surface area contributed by atoms with Crippen LogP contribution in [-0.2, 0) is 116 Å². The van der Waals surface area contributed by atoms with Gasteiger partial charge in [0.25, 0.3) is 17.4 Å². The summed E-state index contributed by atoms with van der Waals surface area (Å²) < 4.78 is 16.9. The molecule has 1 fully saturated rings. The van der Waals surface area contributed by atoms with Crippen molar-refractivity contribution in [2.45, 2.75) is 143 Å². The number of aromatic nitrogens is 10. The van der Waals surface area contributed by atoms with Crippen molar-refractivity contribution in [2.75, 3.05) is 0 Å². The first kappa shape index (κ1) is 72.7. The van der Waals surface area contributed by atoms with Gasteiger partial charge in [-0.25, -0.2) is 34.3 Å². The number of fused-ring (bicyclic) bond motifs is 5. The number of hydrogen-bond acceptors (Lipinski definition) is 20. The van der Waals surface area contributed by atoms with Gasteiger partial charge in [-0.15, -0.1) is 0 Å². The summed E-state index contributed by atoms with van der Waals surface area (Å²) in [6, 6.07) is 0. The van der Waals surface area contributed by atoms with Crippen LogP contribution in [0.3, 0.4) is 0 Å². The molecule has 1 saturated carbocycles. The molecule has 8 N–H and O–H groups in total. The number of H-pyrrole nitrogens is 3. The van der Waals surface area contributed by atoms with Crippen molar-refractivity contribution in [2.24, 2.45) is 24.4 Å². The van der Waals surface area contributed by atoms with E-state index in [9.17, 15) is 28.8 Å². The summed E-state index contributed by atoms with van der Waals surface area (Å²) in [5.74, 6) is -0.586. The maximum Gasteiger partial charge on any atom is 0.373 e. The van der Waals surface area contributed by atoms with Crippen LogP contribution in [0.25, 0.3) is 0 Å². The Labute approximate surface area is 522 Å². The molecule has 80 heavy (non-hydrogen) atoms. The quantitative estimate of drug-likeness (QED) is 0.0374. The number of ether oxygens (including phenoxy) is 2. The Bertz CT molecular complexity index is 3070. The minimum atomic E-state index is -0.562. The number of rotatable bonds is 1. The Morgan fingerprint density at radius 2 is 1.20 bits per heavy atom. The Kier molecular flexibility index (Phi) is 35.6. The van der Waals surface area contributed by atoms with Crippen molar-refractivity contribution in [1.82, 2.24) is 44.9 Å². The van der Waals surface area contributed by atoms with E-state index >= 15 is 0 Å². The number of aromatic amines is 3. The smallest absolute Gasteiger partial charge is 0.373 e. The maximum atomic E-state index is 11.2. The number of aryl methyl sites for hydroxylation is 4. The molecule has 23 nitrogen and oxygen atoms in total. The summed E-state index contributed by atoms with van der Waals surface area (Å²) in [7, 11) is 2.02. The minimum absolute atomic E-state index is 0. The molecule has 0 saturated heterocycles. The molecule has 434 valence electrons. The number of halogens is 3. The van der Waals surface area contributed by atoms with Gasteiger partial charge in [-0.1, -0.05) is 30.1 Å². The van der Waals surface area contributed by atoms with E-state index in [1.807, 2.05) is 14.0 Å². The molecule has 5 aromatic heterocycles. The Morgan fingerprint density at radius 1 is 0.675 bits per heavy atom. The van der Waals surface area contributed by atoms with Crippen molar-refractivity contribution >= 4 is 107 Å². The van der Waals surface area contributed by atoms with Crippen molar-refractivity contribution in [3.63, 3.8) is 0 Å². The zero-order valence-electron chi connectivity index (χ0n) is 44.6. The van der Waals surface area contributed by atoms with Gasteiger partial charge in [0.15, 0.2) is 9.88 Å². The molecule has 0 bridgehead atoms. The van der Waals surface area contributed by atoms with Crippen LogP contribution in [0.1, 0.15) is 141 Å². The third kappa shape index (κ3) is 25.7. The van der Waals surface area contributed by atoms with E-state index in [0.717, 1.165) is 141 Å². The second kappa shape index (κ2) is 39.2. The van der Waals surface area contributed by atoms with Crippen LogP contribution < -0.4 is 27.2 Å². The largest absolute Gasteiger partial charge is 0.456 e. The van der Waals surface area contributed by atoms with E-state index in [4.69, 9.17) is 66.1 Å². The summed E-state index contributed by atoms with van der Waals surface area (Å²) in [6.07, 6.45) is 23.4. The second-order valence-corrected chi connectivity index (χ2v) is 19.5. The topological polar surface area (TPSA) is 360 Å². The first-order valence-electron chi connectivity index (χ1n) is 24.6. The summed E-state index contributed by atoms with van der Waals surface area (Å²) in [4.78, 5) is 112. The number of carbonyl (C=O) groups is 4. The van der Waals surface area contributed by atoms with Gasteiger partial charge in [0.1, 0.15) is 40.5 Å². The van der Waals surface area contributed by atoms with Crippen LogP contribution in [0.4, 0.5) is 0 Å². The standard InChI is InChI=1S/C9H9ClN2O2.C8H10ClN2.C7H7ClN2.C7H8N2OS.C7H8N2O.C6H10O.C4H6O3.CH4N2S.CO2.Ar.HNS/c1-5(13)14-7-3-2-6-8(7)11-4-12-9(6)10;1-11-5-10-8(9)6-3-2-4-7(6)11;8-7-5-2-1-3-6(5)9-4-10-7;10-6-4-2-1-3-5(4)8-7(11)9-6;10-7-5-2-1-3-6(5)8-4-9-7;1-5-3-2-4-6(5)7;1-3(5)7-4(2)6;2-1(3)4;2-1-3;;1-2/h4,7H,2-3H2,1H3;5H,2-4H2,1H3;4H,1-3H2;1-3H2,(H2,8,9,10,11);4H,1-3H2,(H,8,9,10);5H,2-4H2,1H3;1-2H3;(H4,2,3,4);;;1H/q;+1;;;;;;;;;. The molecule has 5 heterocycles. The molecule has 11 rings (SSSR count). The summed E-state index contributed by atoms with van der Waals surface area (Å²) in [6.45, 7) is 5.76. The van der Waals surface area contributed by atoms with Crippen molar-refractivity contribution in [3.05, 3.63) is 123 Å².